The van der Waals surface area contributed by atoms with E-state index in [-0.39, 0.29) is 6.04 Å². The molecule has 1 atom stereocenters. The van der Waals surface area contributed by atoms with Gasteiger partial charge in [-0.05, 0) is 23.8 Å². The number of nitrogens with zero attached hydrogens (tertiary/aromatic N) is 2. The lowest BCUT2D eigenvalue weighted by Gasteiger charge is -2.35. The van der Waals surface area contributed by atoms with E-state index in [2.05, 4.69) is 35.2 Å². The largest absolute Gasteiger partial charge is 0.497 e. The van der Waals surface area contributed by atoms with Gasteiger partial charge in [0.1, 0.15) is 5.75 Å². The fraction of sp³-hybridized carbons (Fsp3) is 0.231. The molecular weight excluding hydrogens is 388 g/mol. The minimum Gasteiger partial charge on any atom is -0.497 e. The molecule has 0 bridgehead atoms. The lowest BCUT2D eigenvalue weighted by atomic mass is 9.92. The Kier molecular flexibility index (Phi) is 5.37. The van der Waals surface area contributed by atoms with E-state index in [0.717, 1.165) is 52.1 Å². The van der Waals surface area contributed by atoms with Gasteiger partial charge in [0.2, 0.25) is 0 Å². The molecule has 5 nitrogen and oxygen atoms in total. The van der Waals surface area contributed by atoms with Gasteiger partial charge in [0.15, 0.2) is 0 Å². The van der Waals surface area contributed by atoms with E-state index in [1.807, 2.05) is 48.5 Å². The smallest absolute Gasteiger partial charge is 0.118 e. The topological polar surface area (TPSA) is 46.9 Å². The van der Waals surface area contributed by atoms with Crippen LogP contribution in [-0.2, 0) is 4.74 Å². The molecule has 4 aromatic rings. The first kappa shape index (κ1) is 19.7. The van der Waals surface area contributed by atoms with Gasteiger partial charge in [0.05, 0.1) is 37.6 Å². The van der Waals surface area contributed by atoms with E-state index in [0.29, 0.717) is 13.2 Å². The first-order valence-corrected chi connectivity index (χ1v) is 10.6. The van der Waals surface area contributed by atoms with E-state index >= 15 is 0 Å². The Hall–Kier alpha value is -3.28. The number of rotatable bonds is 5. The number of hydrogen-bond donors (Lipinski definition) is 1. The number of hydrogen-bond acceptors (Lipinski definition) is 4. The van der Waals surface area contributed by atoms with Gasteiger partial charge in [-0.25, -0.2) is 0 Å². The molecule has 0 saturated carbocycles. The van der Waals surface area contributed by atoms with Crippen molar-refractivity contribution < 1.29 is 14.7 Å². The Bertz CT molecular complexity index is 1160. The fourth-order valence-electron chi connectivity index (χ4n) is 4.58. The van der Waals surface area contributed by atoms with Crippen molar-refractivity contribution in [3.63, 3.8) is 0 Å². The molecule has 0 radical (unpaired) electrons. The molecule has 1 fully saturated rings. The van der Waals surface area contributed by atoms with Gasteiger partial charge in [-0.1, -0.05) is 60.7 Å². The summed E-state index contributed by atoms with van der Waals surface area (Å²) in [6.07, 6.45) is 0. The molecular formula is C26H26N2O3. The SMILES string of the molecule is COc1ccc([C@H](c2c(-c3ccccc3)n(O)c3ccccc23)N2CCOCC2)cc1. The molecule has 1 N–H and O–H groups in total. The molecule has 0 aliphatic carbocycles. The summed E-state index contributed by atoms with van der Waals surface area (Å²) < 4.78 is 12.4. The van der Waals surface area contributed by atoms with E-state index in [4.69, 9.17) is 9.47 Å². The highest BCUT2D eigenvalue weighted by Gasteiger charge is 2.31. The molecule has 1 saturated heterocycles. The van der Waals surface area contributed by atoms with Crippen molar-refractivity contribution in [2.45, 2.75) is 6.04 Å². The number of fused-ring (bicyclic) bond motifs is 1. The summed E-state index contributed by atoms with van der Waals surface area (Å²) in [6.45, 7) is 3.06. The van der Waals surface area contributed by atoms with Crippen LogP contribution in [0.1, 0.15) is 17.2 Å². The van der Waals surface area contributed by atoms with Gasteiger partial charge in [-0.2, -0.15) is 4.73 Å². The molecule has 2 heterocycles. The van der Waals surface area contributed by atoms with E-state index in [9.17, 15) is 5.21 Å². The summed E-state index contributed by atoms with van der Waals surface area (Å²) in [4.78, 5) is 2.44. The Balaban J connectivity index is 1.78. The summed E-state index contributed by atoms with van der Waals surface area (Å²) in [7, 11) is 1.68. The van der Waals surface area contributed by atoms with Crippen LogP contribution in [-0.4, -0.2) is 48.3 Å². The molecule has 5 heteroatoms. The summed E-state index contributed by atoms with van der Waals surface area (Å²) >= 11 is 0. The molecule has 0 spiro atoms. The second-order valence-electron chi connectivity index (χ2n) is 7.78. The Morgan fingerprint density at radius 1 is 0.871 bits per heavy atom. The van der Waals surface area contributed by atoms with Crippen molar-refractivity contribution in [1.29, 1.82) is 0 Å². The van der Waals surface area contributed by atoms with Crippen LogP contribution in [0, 0.1) is 0 Å². The monoisotopic (exact) mass is 414 g/mol. The average Bonchev–Trinajstić information content (AvgIpc) is 3.13. The maximum Gasteiger partial charge on any atom is 0.118 e. The predicted octanol–water partition coefficient (Wildman–Crippen LogP) is 4.98. The van der Waals surface area contributed by atoms with Gasteiger partial charge < -0.3 is 14.7 Å². The standard InChI is InChI=1S/C26H26N2O3/c1-30-21-13-11-20(12-14-21)25(27-15-17-31-18-16-27)24-22-9-5-6-10-23(22)28(29)26(24)19-7-3-2-4-8-19/h2-14,25,29H,15-18H2,1H3/t25-/m1/s1. The average molecular weight is 415 g/mol. The minimum absolute atomic E-state index is 0.0247. The van der Waals surface area contributed by atoms with Gasteiger partial charge in [0, 0.05) is 29.6 Å². The number of methoxy groups -OCH3 is 1. The molecule has 0 unspecified atom stereocenters. The zero-order valence-electron chi connectivity index (χ0n) is 17.6. The highest BCUT2D eigenvalue weighted by Crippen LogP contribution is 2.42. The molecule has 1 aliphatic rings. The van der Waals surface area contributed by atoms with E-state index in [1.54, 1.807) is 7.11 Å². The molecule has 1 aliphatic heterocycles. The van der Waals surface area contributed by atoms with Crippen molar-refractivity contribution in [3.05, 3.63) is 90.0 Å². The van der Waals surface area contributed by atoms with E-state index in [1.165, 1.54) is 4.73 Å². The fourth-order valence-corrected chi connectivity index (χ4v) is 4.58. The maximum absolute atomic E-state index is 11.3. The number of ether oxygens (including phenoxy) is 2. The molecule has 158 valence electrons. The lowest BCUT2D eigenvalue weighted by molar-refractivity contribution is 0.0241. The van der Waals surface area contributed by atoms with Gasteiger partial charge >= 0.3 is 0 Å². The third-order valence-electron chi connectivity index (χ3n) is 6.05. The van der Waals surface area contributed by atoms with Gasteiger partial charge in [-0.15, -0.1) is 0 Å². The van der Waals surface area contributed by atoms with Crippen molar-refractivity contribution >= 4 is 10.9 Å². The van der Waals surface area contributed by atoms with Gasteiger partial charge in [0.25, 0.3) is 0 Å². The lowest BCUT2D eigenvalue weighted by Crippen LogP contribution is -2.39. The van der Waals surface area contributed by atoms with Crippen LogP contribution in [0.15, 0.2) is 78.9 Å². The molecule has 3 aromatic carbocycles. The number of benzene rings is 3. The highest BCUT2D eigenvalue weighted by atomic mass is 16.5. The normalized spacial score (nSPS) is 15.8. The maximum atomic E-state index is 11.3. The Morgan fingerprint density at radius 2 is 1.55 bits per heavy atom. The number of morpholine rings is 1. The van der Waals surface area contributed by atoms with Crippen LogP contribution in [0.4, 0.5) is 0 Å². The molecule has 31 heavy (non-hydrogen) atoms. The quantitative estimate of drug-likeness (QED) is 0.468. The highest BCUT2D eigenvalue weighted by molar-refractivity contribution is 5.92. The third kappa shape index (κ3) is 3.56. The third-order valence-corrected chi connectivity index (χ3v) is 6.05. The van der Waals surface area contributed by atoms with Crippen LogP contribution in [0.3, 0.4) is 0 Å². The first-order chi connectivity index (χ1) is 15.3. The van der Waals surface area contributed by atoms with Crippen molar-refractivity contribution in [1.82, 2.24) is 9.63 Å². The molecule has 5 rings (SSSR count). The molecule has 0 amide bonds. The molecule has 1 aromatic heterocycles. The van der Waals surface area contributed by atoms with Crippen LogP contribution in [0.2, 0.25) is 0 Å². The zero-order chi connectivity index (χ0) is 21.2. The summed E-state index contributed by atoms with van der Waals surface area (Å²) in [6, 6.07) is 26.4. The minimum atomic E-state index is -0.0247. The second-order valence-corrected chi connectivity index (χ2v) is 7.78. The predicted molar refractivity (Wildman–Crippen MR) is 122 cm³/mol. The van der Waals surface area contributed by atoms with Crippen LogP contribution in [0.5, 0.6) is 5.75 Å². The Labute approximate surface area is 182 Å². The van der Waals surface area contributed by atoms with Crippen molar-refractivity contribution in [2.75, 3.05) is 33.4 Å². The summed E-state index contributed by atoms with van der Waals surface area (Å²) in [5.74, 6) is 0.831. The number of para-hydroxylation sites is 1. The van der Waals surface area contributed by atoms with Crippen LogP contribution in [0.25, 0.3) is 22.2 Å². The van der Waals surface area contributed by atoms with E-state index < -0.39 is 0 Å². The van der Waals surface area contributed by atoms with Crippen LogP contribution >= 0.6 is 0 Å². The zero-order valence-corrected chi connectivity index (χ0v) is 17.6. The van der Waals surface area contributed by atoms with Crippen molar-refractivity contribution in [2.24, 2.45) is 0 Å². The summed E-state index contributed by atoms with van der Waals surface area (Å²) in [5, 5.41) is 12.3. The second kappa shape index (κ2) is 8.46. The Morgan fingerprint density at radius 3 is 2.26 bits per heavy atom. The summed E-state index contributed by atoms with van der Waals surface area (Å²) in [5.41, 5.74) is 4.90. The first-order valence-electron chi connectivity index (χ1n) is 10.6. The van der Waals surface area contributed by atoms with Crippen molar-refractivity contribution in [3.8, 4) is 17.0 Å². The van der Waals surface area contributed by atoms with Crippen LogP contribution < -0.4 is 4.74 Å². The number of aromatic nitrogens is 1. The van der Waals surface area contributed by atoms with Gasteiger partial charge in [-0.3, -0.25) is 4.90 Å².